The van der Waals surface area contributed by atoms with E-state index in [1.54, 1.807) is 18.6 Å². The number of benzene rings is 1. The molecule has 0 spiro atoms. The van der Waals surface area contributed by atoms with Crippen LogP contribution >= 0.6 is 22.9 Å². The van der Waals surface area contributed by atoms with Crippen molar-refractivity contribution >= 4 is 44.4 Å². The summed E-state index contributed by atoms with van der Waals surface area (Å²) in [5, 5.41) is 9.38. The number of aliphatic imine (C=N–C) groups is 1. The number of sulfonamides is 1. The molecule has 2 N–H and O–H groups in total. The minimum atomic E-state index is -3.60. The highest BCUT2D eigenvalue weighted by molar-refractivity contribution is 7.89. The molecule has 1 aromatic carbocycles. The summed E-state index contributed by atoms with van der Waals surface area (Å²) in [4.78, 5) is 11.2. The fourth-order valence-electron chi connectivity index (χ4n) is 4.58. The van der Waals surface area contributed by atoms with Crippen LogP contribution in [-0.2, 0) is 10.0 Å². The maximum atomic E-state index is 13.9. The normalized spacial score (nSPS) is 19.8. The third-order valence-corrected chi connectivity index (χ3v) is 8.72. The van der Waals surface area contributed by atoms with Crippen LogP contribution < -0.4 is 10.0 Å². The molecule has 2 aliphatic heterocycles. The van der Waals surface area contributed by atoms with Gasteiger partial charge < -0.3 is 10.2 Å². The Labute approximate surface area is 226 Å². The monoisotopic (exact) mass is 585 g/mol. The lowest BCUT2D eigenvalue weighted by Gasteiger charge is -2.32. The lowest BCUT2D eigenvalue weighted by molar-refractivity contribution is 0.0564. The molecular weight excluding hydrogens is 563 g/mol. The van der Waals surface area contributed by atoms with Gasteiger partial charge in [-0.2, -0.15) is 13.9 Å². The van der Waals surface area contributed by atoms with Gasteiger partial charge in [0, 0.05) is 65.2 Å². The minimum absolute atomic E-state index is 0.105. The summed E-state index contributed by atoms with van der Waals surface area (Å²) in [6.07, 6.45) is 3.03. The second-order valence-electron chi connectivity index (χ2n) is 8.73. The summed E-state index contributed by atoms with van der Waals surface area (Å²) in [6.45, 7) is -2.33. The van der Waals surface area contributed by atoms with Gasteiger partial charge in [0.25, 0.3) is 0 Å². The predicted octanol–water partition coefficient (Wildman–Crippen LogP) is 3.65. The van der Waals surface area contributed by atoms with Crippen molar-refractivity contribution in [3.8, 4) is 0 Å². The molecule has 0 radical (unpaired) electrons. The molecule has 2 aliphatic rings. The molecule has 38 heavy (non-hydrogen) atoms. The van der Waals surface area contributed by atoms with Crippen LogP contribution in [0.1, 0.15) is 35.3 Å². The Hall–Kier alpha value is -2.78. The van der Waals surface area contributed by atoms with E-state index in [9.17, 15) is 21.6 Å². The molecule has 5 rings (SSSR count). The number of nitrogens with one attached hydrogen (secondary N) is 2. The Balaban J connectivity index is 1.66. The highest BCUT2D eigenvalue weighted by atomic mass is 35.5. The highest BCUT2D eigenvalue weighted by Gasteiger charge is 2.41. The number of alkyl halides is 2. The number of hydrogen-bond acceptors (Lipinski definition) is 8. The van der Waals surface area contributed by atoms with E-state index in [1.165, 1.54) is 29.5 Å². The van der Waals surface area contributed by atoms with Gasteiger partial charge in [-0.15, -0.1) is 11.3 Å². The molecule has 202 valence electrons. The molecule has 4 heterocycles. The average molecular weight is 586 g/mol. The van der Waals surface area contributed by atoms with Gasteiger partial charge in [0.05, 0.1) is 11.4 Å². The zero-order valence-electron chi connectivity index (χ0n) is 20.0. The summed E-state index contributed by atoms with van der Waals surface area (Å²) in [5.74, 6) is -0.158. The molecule has 9 nitrogen and oxygen atoms in total. The number of fused-ring (bicyclic) bond motifs is 1. The van der Waals surface area contributed by atoms with E-state index in [4.69, 9.17) is 16.6 Å². The third kappa shape index (κ3) is 5.36. The summed E-state index contributed by atoms with van der Waals surface area (Å²) >= 11 is 7.80. The highest BCUT2D eigenvalue weighted by Crippen LogP contribution is 2.46. The smallest absolute Gasteiger partial charge is 0.326 e. The quantitative estimate of drug-likeness (QED) is 0.397. The Morgan fingerprint density at radius 1 is 1.29 bits per heavy atom. The van der Waals surface area contributed by atoms with Crippen molar-refractivity contribution in [2.45, 2.75) is 25.1 Å². The predicted molar refractivity (Wildman–Crippen MR) is 139 cm³/mol. The Morgan fingerprint density at radius 2 is 2.11 bits per heavy atom. The summed E-state index contributed by atoms with van der Waals surface area (Å²) < 4.78 is 69.4. The largest absolute Gasteiger partial charge is 0.333 e. The number of rotatable bonds is 9. The summed E-state index contributed by atoms with van der Waals surface area (Å²) in [5.41, 5.74) is 1.82. The molecular formula is C23H23ClF3N7O2S2. The van der Waals surface area contributed by atoms with Crippen molar-refractivity contribution in [3.05, 3.63) is 74.8 Å². The van der Waals surface area contributed by atoms with Gasteiger partial charge in [-0.05, 0) is 25.2 Å². The third-order valence-electron chi connectivity index (χ3n) is 6.19. The average Bonchev–Trinajstić information content (AvgIpc) is 3.62. The fraction of sp³-hybridized carbons (Fsp3) is 0.348. The molecule has 3 aromatic rings. The number of hydrogen-bond donors (Lipinski definition) is 2. The van der Waals surface area contributed by atoms with E-state index in [1.807, 2.05) is 4.90 Å². The van der Waals surface area contributed by atoms with Crippen LogP contribution in [0.25, 0.3) is 5.57 Å². The summed E-state index contributed by atoms with van der Waals surface area (Å²) in [6, 6.07) is 4.01. The number of aromatic nitrogens is 3. The first-order valence-corrected chi connectivity index (χ1v) is 14.5. The van der Waals surface area contributed by atoms with Crippen LogP contribution in [0.2, 0.25) is 5.02 Å². The number of amidine groups is 1. The fourth-order valence-corrected chi connectivity index (χ4v) is 6.75. The Morgan fingerprint density at radius 3 is 2.76 bits per heavy atom. The van der Waals surface area contributed by atoms with Gasteiger partial charge in [0.1, 0.15) is 11.9 Å². The first-order chi connectivity index (χ1) is 18.2. The number of nitrogens with zero attached hydrogens (tertiary/aromatic N) is 5. The number of halogens is 4. The molecule has 1 fully saturated rings. The van der Waals surface area contributed by atoms with Crippen LogP contribution in [0.15, 0.2) is 52.7 Å². The maximum Gasteiger partial charge on any atom is 0.333 e. The minimum Gasteiger partial charge on any atom is -0.326 e. The second-order valence-corrected chi connectivity index (χ2v) is 11.9. The van der Waals surface area contributed by atoms with Crippen molar-refractivity contribution in [1.29, 1.82) is 0 Å². The van der Waals surface area contributed by atoms with Crippen molar-refractivity contribution < 1.29 is 21.6 Å². The zero-order chi connectivity index (χ0) is 27.0. The van der Waals surface area contributed by atoms with E-state index in [2.05, 4.69) is 20.1 Å². The molecule has 0 unspecified atom stereocenters. The maximum absolute atomic E-state index is 13.9. The van der Waals surface area contributed by atoms with Crippen molar-refractivity contribution in [2.24, 2.45) is 4.99 Å². The topological polar surface area (TPSA) is 105 Å². The van der Waals surface area contributed by atoms with Gasteiger partial charge in [-0.1, -0.05) is 17.7 Å². The van der Waals surface area contributed by atoms with E-state index in [0.29, 0.717) is 32.4 Å². The van der Waals surface area contributed by atoms with Gasteiger partial charge >= 0.3 is 6.55 Å². The van der Waals surface area contributed by atoms with Crippen molar-refractivity contribution in [1.82, 2.24) is 29.7 Å². The van der Waals surface area contributed by atoms with Crippen LogP contribution in [0.4, 0.5) is 13.2 Å². The SMILES string of the molecule is CNCCS(=O)(=O)N[C@H]1CC2=C(c3ccn(C(F)F)n3)[C@H](c3ccc(F)cc3Cl)N=C(c3nccs3)N2C1. The number of thiazole rings is 1. The first kappa shape index (κ1) is 26.8. The molecule has 0 saturated carbocycles. The summed E-state index contributed by atoms with van der Waals surface area (Å²) in [7, 11) is -1.94. The lowest BCUT2D eigenvalue weighted by atomic mass is 9.92. The van der Waals surface area contributed by atoms with E-state index < -0.39 is 34.5 Å². The molecule has 2 atom stereocenters. The molecule has 0 bridgehead atoms. The van der Waals surface area contributed by atoms with Crippen LogP contribution in [-0.4, -0.2) is 65.8 Å². The van der Waals surface area contributed by atoms with E-state index >= 15 is 0 Å². The lowest BCUT2D eigenvalue weighted by Crippen LogP contribution is -2.41. The standard InChI is InChI=1S/C23H23ClF3N7O2S2/c1-28-6-9-38(35,36)32-14-11-18-19(17-4-7-34(31-17)23(26)27)20(15-3-2-13(25)10-16(15)24)30-21(33(18)12-14)22-29-5-8-37-22/h2-5,7-8,10,14,20,23,28,32H,6,9,11-12H2,1H3/t14-,20-/m0/s1. The zero-order valence-corrected chi connectivity index (χ0v) is 22.4. The first-order valence-electron chi connectivity index (χ1n) is 11.6. The van der Waals surface area contributed by atoms with E-state index in [-0.39, 0.29) is 36.0 Å². The molecule has 15 heteroatoms. The molecule has 0 amide bonds. The van der Waals surface area contributed by atoms with E-state index in [0.717, 1.165) is 12.3 Å². The Bertz CT molecular complexity index is 1490. The van der Waals surface area contributed by atoms with Gasteiger partial charge in [-0.25, -0.2) is 27.2 Å². The molecule has 0 aliphatic carbocycles. The van der Waals surface area contributed by atoms with Gasteiger partial charge in [0.2, 0.25) is 10.0 Å². The second kappa shape index (κ2) is 10.8. The van der Waals surface area contributed by atoms with Crippen LogP contribution in [0.5, 0.6) is 0 Å². The molecule has 2 aromatic heterocycles. The van der Waals surface area contributed by atoms with Crippen molar-refractivity contribution in [2.75, 3.05) is 25.9 Å². The molecule has 1 saturated heterocycles. The van der Waals surface area contributed by atoms with Gasteiger partial charge in [-0.3, -0.25) is 4.99 Å². The van der Waals surface area contributed by atoms with Gasteiger partial charge in [0.15, 0.2) is 10.8 Å². The Kier molecular flexibility index (Phi) is 7.60. The van der Waals surface area contributed by atoms with Crippen LogP contribution in [0, 0.1) is 5.82 Å². The van der Waals surface area contributed by atoms with Crippen molar-refractivity contribution in [3.63, 3.8) is 0 Å². The van der Waals surface area contributed by atoms with Crippen LogP contribution in [0.3, 0.4) is 0 Å².